The lowest BCUT2D eigenvalue weighted by atomic mass is 10.1. The highest BCUT2D eigenvalue weighted by atomic mass is 32.2. The molecule has 0 N–H and O–H groups in total. The Kier molecular flexibility index (Phi) is 2.59. The summed E-state index contributed by atoms with van der Waals surface area (Å²) in [6, 6.07) is 15.6. The number of fused-ring (bicyclic) bond motifs is 2. The summed E-state index contributed by atoms with van der Waals surface area (Å²) in [5.41, 5.74) is 2.83. The van der Waals surface area contributed by atoms with Crippen molar-refractivity contribution in [3.05, 3.63) is 75.8 Å². The Morgan fingerprint density at radius 2 is 1.90 bits per heavy atom. The van der Waals surface area contributed by atoms with E-state index >= 15 is 0 Å². The van der Waals surface area contributed by atoms with E-state index in [1.165, 1.54) is 5.01 Å². The summed E-state index contributed by atoms with van der Waals surface area (Å²) in [7, 11) is 0. The molecule has 104 valence electrons. The highest BCUT2D eigenvalue weighted by Crippen LogP contribution is 2.51. The maximum absolute atomic E-state index is 11.6. The molecule has 0 amide bonds. The molecule has 0 bridgehead atoms. The first-order valence-corrected chi connectivity index (χ1v) is 7.51. The van der Waals surface area contributed by atoms with E-state index < -0.39 is 4.87 Å². The first-order chi connectivity index (χ1) is 10.2. The molecule has 4 rings (SSSR count). The van der Waals surface area contributed by atoms with E-state index in [-0.39, 0.29) is 5.03 Å². The topological polar surface area (TPSA) is 46.4 Å². The van der Waals surface area contributed by atoms with Crippen LogP contribution in [0.1, 0.15) is 11.1 Å². The van der Waals surface area contributed by atoms with Gasteiger partial charge in [-0.2, -0.15) is 0 Å². The van der Waals surface area contributed by atoms with E-state index in [9.17, 15) is 10.1 Å². The van der Waals surface area contributed by atoms with Crippen molar-refractivity contribution < 1.29 is 5.03 Å². The molecule has 21 heavy (non-hydrogen) atoms. The number of para-hydroxylation sites is 1. The number of hydrazine groups is 1. The summed E-state index contributed by atoms with van der Waals surface area (Å²) in [4.78, 5) is 12.1. The van der Waals surface area contributed by atoms with Gasteiger partial charge in [-0.3, -0.25) is 0 Å². The number of anilines is 1. The second kappa shape index (κ2) is 4.36. The molecule has 1 spiro atoms. The minimum Gasteiger partial charge on any atom is -0.234 e. The van der Waals surface area contributed by atoms with E-state index in [0.29, 0.717) is 12.1 Å². The van der Waals surface area contributed by atoms with Crippen LogP contribution in [0.5, 0.6) is 0 Å². The zero-order valence-corrected chi connectivity index (χ0v) is 11.9. The molecule has 0 aliphatic carbocycles. The summed E-state index contributed by atoms with van der Waals surface area (Å²) in [6.07, 6.45) is 4.59. The Labute approximate surface area is 126 Å². The van der Waals surface area contributed by atoms with Gasteiger partial charge >= 0.3 is 0 Å². The minimum atomic E-state index is -0.665. The third kappa shape index (κ3) is 1.77. The number of hydrogen-bond acceptors (Lipinski definition) is 3. The lowest BCUT2D eigenvalue weighted by Gasteiger charge is -2.32. The molecule has 4 nitrogen and oxygen atoms in total. The van der Waals surface area contributed by atoms with E-state index in [0.717, 1.165) is 16.0 Å². The van der Waals surface area contributed by atoms with Crippen molar-refractivity contribution in [2.75, 3.05) is 5.01 Å². The van der Waals surface area contributed by atoms with Crippen LogP contribution in [0, 0.1) is 10.1 Å². The smallest absolute Gasteiger partial charge is 0.178 e. The van der Waals surface area contributed by atoms with Crippen LogP contribution in [0.15, 0.2) is 59.5 Å². The van der Waals surface area contributed by atoms with E-state index in [2.05, 4.69) is 0 Å². The van der Waals surface area contributed by atoms with Crippen molar-refractivity contribution in [1.29, 1.82) is 0 Å². The molecule has 2 heterocycles. The number of benzene rings is 2. The predicted octanol–water partition coefficient (Wildman–Crippen LogP) is 3.76. The largest absolute Gasteiger partial charge is 0.234 e. The summed E-state index contributed by atoms with van der Waals surface area (Å²) in [6.45, 7) is 0. The molecule has 0 fully saturated rings. The van der Waals surface area contributed by atoms with Crippen LogP contribution in [0.25, 0.3) is 6.08 Å². The van der Waals surface area contributed by atoms with Crippen molar-refractivity contribution in [2.45, 2.75) is 16.2 Å². The van der Waals surface area contributed by atoms with Crippen LogP contribution in [0.4, 0.5) is 5.69 Å². The normalized spacial score (nSPS) is 22.2. The van der Waals surface area contributed by atoms with Gasteiger partial charge in [0.25, 0.3) is 0 Å². The van der Waals surface area contributed by atoms with Crippen LogP contribution < -0.4 is 5.01 Å². The van der Waals surface area contributed by atoms with Gasteiger partial charge in [-0.25, -0.2) is 10.1 Å². The van der Waals surface area contributed by atoms with Gasteiger partial charge < -0.3 is 0 Å². The Balaban J connectivity index is 1.85. The first kappa shape index (κ1) is 12.5. The van der Waals surface area contributed by atoms with E-state index in [1.807, 2.05) is 60.7 Å². The van der Waals surface area contributed by atoms with Crippen LogP contribution in [-0.2, 0) is 6.42 Å². The fraction of sp³-hybridized carbons (Fsp3) is 0.125. The SMILES string of the molecule is O=[N+]([O-])N1c2ccccc2CC12C=Cc1ccccc1S2. The van der Waals surface area contributed by atoms with Gasteiger partial charge in [0, 0.05) is 11.3 Å². The zero-order valence-electron chi connectivity index (χ0n) is 11.1. The summed E-state index contributed by atoms with van der Waals surface area (Å²) >= 11 is 1.56. The molecule has 2 aromatic carbocycles. The van der Waals surface area contributed by atoms with Gasteiger partial charge in [0.2, 0.25) is 0 Å². The third-order valence-corrected chi connectivity index (χ3v) is 5.31. The molecule has 0 saturated carbocycles. The standard InChI is InChI=1S/C16H12N2O2S/c19-18(20)17-14-7-3-1-6-13(14)11-16(17)10-9-12-5-2-4-8-15(12)21-16/h1-10H,11H2. The summed E-state index contributed by atoms with van der Waals surface area (Å²) < 4.78 is 0. The maximum atomic E-state index is 11.6. The third-order valence-electron chi connectivity index (χ3n) is 3.91. The Bertz CT molecular complexity index is 774. The Morgan fingerprint density at radius 1 is 1.14 bits per heavy atom. The first-order valence-electron chi connectivity index (χ1n) is 6.69. The molecule has 0 saturated heterocycles. The maximum Gasteiger partial charge on any atom is 0.178 e. The number of rotatable bonds is 1. The second-order valence-corrected chi connectivity index (χ2v) is 6.52. The molecular weight excluding hydrogens is 284 g/mol. The van der Waals surface area contributed by atoms with Gasteiger partial charge in [0.15, 0.2) is 9.90 Å². The molecule has 0 aromatic heterocycles. The highest BCUT2D eigenvalue weighted by Gasteiger charge is 2.51. The molecule has 2 aliphatic heterocycles. The molecule has 1 unspecified atom stereocenters. The van der Waals surface area contributed by atoms with Crippen molar-refractivity contribution >= 4 is 23.5 Å². The number of nitrogens with zero attached hydrogens (tertiary/aromatic N) is 2. The van der Waals surface area contributed by atoms with Crippen LogP contribution in [0.3, 0.4) is 0 Å². The average molecular weight is 296 g/mol. The lowest BCUT2D eigenvalue weighted by Crippen LogP contribution is -2.46. The van der Waals surface area contributed by atoms with Crippen molar-refractivity contribution in [2.24, 2.45) is 0 Å². The minimum absolute atomic E-state index is 0.295. The average Bonchev–Trinajstić information content (AvgIpc) is 2.80. The van der Waals surface area contributed by atoms with Gasteiger partial charge in [-0.1, -0.05) is 59.2 Å². The fourth-order valence-electron chi connectivity index (χ4n) is 3.01. The van der Waals surface area contributed by atoms with Crippen LogP contribution in [-0.4, -0.2) is 9.90 Å². The summed E-state index contributed by atoms with van der Waals surface area (Å²) in [5, 5.41) is 12.6. The van der Waals surface area contributed by atoms with Gasteiger partial charge in [-0.15, -0.1) is 0 Å². The zero-order chi connectivity index (χ0) is 14.4. The number of thioether (sulfide) groups is 1. The molecular formula is C16H12N2O2S. The summed E-state index contributed by atoms with van der Waals surface area (Å²) in [5.74, 6) is 0. The fourth-order valence-corrected chi connectivity index (χ4v) is 4.41. The number of nitro groups is 1. The van der Waals surface area contributed by atoms with Crippen molar-refractivity contribution in [3.63, 3.8) is 0 Å². The molecule has 1 atom stereocenters. The quantitative estimate of drug-likeness (QED) is 0.594. The van der Waals surface area contributed by atoms with Gasteiger partial charge in [-0.05, 0) is 29.3 Å². The molecule has 2 aromatic rings. The van der Waals surface area contributed by atoms with Crippen LogP contribution >= 0.6 is 11.8 Å². The molecule has 2 aliphatic rings. The monoisotopic (exact) mass is 296 g/mol. The van der Waals surface area contributed by atoms with Gasteiger partial charge in [0.1, 0.15) is 5.69 Å². The molecule has 5 heteroatoms. The van der Waals surface area contributed by atoms with Crippen molar-refractivity contribution in [1.82, 2.24) is 0 Å². The second-order valence-electron chi connectivity index (χ2n) is 5.17. The van der Waals surface area contributed by atoms with Crippen molar-refractivity contribution in [3.8, 4) is 0 Å². The van der Waals surface area contributed by atoms with Gasteiger partial charge in [0.05, 0.1) is 0 Å². The lowest BCUT2D eigenvalue weighted by molar-refractivity contribution is -0.499. The van der Waals surface area contributed by atoms with E-state index in [4.69, 9.17) is 0 Å². The molecule has 0 radical (unpaired) electrons. The van der Waals surface area contributed by atoms with Crippen LogP contribution in [0.2, 0.25) is 0 Å². The van der Waals surface area contributed by atoms with E-state index in [1.54, 1.807) is 11.8 Å². The Hall–Kier alpha value is -2.27. The Morgan fingerprint density at radius 3 is 2.76 bits per heavy atom. The number of hydrogen-bond donors (Lipinski definition) is 0. The predicted molar refractivity (Wildman–Crippen MR) is 83.7 cm³/mol. The highest BCUT2D eigenvalue weighted by molar-refractivity contribution is 8.01.